The number of carbonyl (C=O) groups excluding carboxylic acids is 1. The summed E-state index contributed by atoms with van der Waals surface area (Å²) in [6, 6.07) is 28.3. The summed E-state index contributed by atoms with van der Waals surface area (Å²) in [5, 5.41) is 1.10. The van der Waals surface area contributed by atoms with E-state index in [1.807, 2.05) is 60.7 Å². The van der Waals surface area contributed by atoms with Crippen molar-refractivity contribution in [1.29, 1.82) is 0 Å². The van der Waals surface area contributed by atoms with Crippen LogP contribution < -0.4 is 9.47 Å². The SMILES string of the molecule is O=C(CCCN1CCCCC1)O[C@@H]1c2cc(OCc3ccc4ccccc4n3)ccc2OC[C@H]1Cc1ccccc1. The lowest BCUT2D eigenvalue weighted by atomic mass is 9.88. The van der Waals surface area contributed by atoms with Gasteiger partial charge in [0, 0.05) is 23.3 Å². The maximum Gasteiger partial charge on any atom is 0.306 e. The van der Waals surface area contributed by atoms with Gasteiger partial charge in [-0.2, -0.15) is 0 Å². The molecule has 2 aliphatic rings. The number of para-hydroxylation sites is 1. The fourth-order valence-corrected chi connectivity index (χ4v) is 5.93. The molecule has 3 heterocycles. The quantitative estimate of drug-likeness (QED) is 0.200. The van der Waals surface area contributed by atoms with E-state index in [1.54, 1.807) is 0 Å². The van der Waals surface area contributed by atoms with Gasteiger partial charge in [-0.25, -0.2) is 4.98 Å². The van der Waals surface area contributed by atoms with E-state index in [1.165, 1.54) is 24.8 Å². The van der Waals surface area contributed by atoms with Gasteiger partial charge >= 0.3 is 5.97 Å². The zero-order valence-electron chi connectivity index (χ0n) is 23.5. The maximum atomic E-state index is 13.1. The number of hydrogen-bond acceptors (Lipinski definition) is 6. The molecule has 0 radical (unpaired) electrons. The third kappa shape index (κ3) is 7.06. The monoisotopic (exact) mass is 550 g/mol. The van der Waals surface area contributed by atoms with E-state index >= 15 is 0 Å². The molecule has 3 aromatic carbocycles. The van der Waals surface area contributed by atoms with Crippen LogP contribution in [0.4, 0.5) is 0 Å². The van der Waals surface area contributed by atoms with Gasteiger partial charge in [-0.1, -0.05) is 61.0 Å². The molecule has 0 spiro atoms. The number of nitrogens with zero attached hydrogens (tertiary/aromatic N) is 2. The van der Waals surface area contributed by atoms with Gasteiger partial charge in [0.05, 0.1) is 17.8 Å². The smallest absolute Gasteiger partial charge is 0.306 e. The lowest BCUT2D eigenvalue weighted by Crippen LogP contribution is -2.32. The second kappa shape index (κ2) is 13.2. The number of aromatic nitrogens is 1. The highest BCUT2D eigenvalue weighted by atomic mass is 16.6. The Morgan fingerprint density at radius 1 is 0.927 bits per heavy atom. The van der Waals surface area contributed by atoms with Crippen molar-refractivity contribution in [3.63, 3.8) is 0 Å². The zero-order chi connectivity index (χ0) is 27.9. The molecule has 1 fully saturated rings. The van der Waals surface area contributed by atoms with E-state index in [9.17, 15) is 4.79 Å². The fraction of sp³-hybridized carbons (Fsp3) is 0.371. The minimum atomic E-state index is -0.399. The summed E-state index contributed by atoms with van der Waals surface area (Å²) in [6.45, 7) is 4.07. The second-order valence-electron chi connectivity index (χ2n) is 11.2. The summed E-state index contributed by atoms with van der Waals surface area (Å²) in [4.78, 5) is 20.3. The number of esters is 1. The van der Waals surface area contributed by atoms with E-state index in [0.29, 0.717) is 25.4 Å². The summed E-state index contributed by atoms with van der Waals surface area (Å²) >= 11 is 0. The van der Waals surface area contributed by atoms with Crippen LogP contribution in [0.15, 0.2) is 84.9 Å². The van der Waals surface area contributed by atoms with Gasteiger partial charge in [-0.15, -0.1) is 0 Å². The number of pyridine rings is 1. The van der Waals surface area contributed by atoms with Crippen LogP contribution in [0.5, 0.6) is 11.5 Å². The van der Waals surface area contributed by atoms with Crippen molar-refractivity contribution < 1.29 is 19.0 Å². The first-order valence-electron chi connectivity index (χ1n) is 14.9. The fourth-order valence-electron chi connectivity index (χ4n) is 5.93. The topological polar surface area (TPSA) is 60.9 Å². The van der Waals surface area contributed by atoms with Crippen LogP contribution in [0.2, 0.25) is 0 Å². The zero-order valence-corrected chi connectivity index (χ0v) is 23.5. The molecule has 2 atom stereocenters. The van der Waals surface area contributed by atoms with Crippen LogP contribution in [0.25, 0.3) is 10.9 Å². The van der Waals surface area contributed by atoms with Crippen molar-refractivity contribution in [3.05, 3.63) is 102 Å². The third-order valence-corrected chi connectivity index (χ3v) is 8.11. The summed E-state index contributed by atoms with van der Waals surface area (Å²) in [7, 11) is 0. The Kier molecular flexibility index (Phi) is 8.77. The molecule has 2 aliphatic heterocycles. The van der Waals surface area contributed by atoms with Gasteiger partial charge in [-0.05, 0) is 81.2 Å². The Balaban J connectivity index is 1.16. The Labute approximate surface area is 242 Å². The molecule has 0 N–H and O–H groups in total. The molecular weight excluding hydrogens is 512 g/mol. The number of likely N-dealkylation sites (tertiary alicyclic amines) is 1. The first-order valence-corrected chi connectivity index (χ1v) is 14.9. The average molecular weight is 551 g/mol. The predicted molar refractivity (Wildman–Crippen MR) is 160 cm³/mol. The molecule has 0 bridgehead atoms. The largest absolute Gasteiger partial charge is 0.493 e. The van der Waals surface area contributed by atoms with Crippen LogP contribution >= 0.6 is 0 Å². The Morgan fingerprint density at radius 3 is 2.63 bits per heavy atom. The van der Waals surface area contributed by atoms with Crippen LogP contribution in [0.1, 0.15) is 55.0 Å². The van der Waals surface area contributed by atoms with E-state index in [-0.39, 0.29) is 11.9 Å². The maximum absolute atomic E-state index is 13.1. The molecule has 0 aliphatic carbocycles. The van der Waals surface area contributed by atoms with Gasteiger partial charge in [0.15, 0.2) is 0 Å². The van der Waals surface area contributed by atoms with Crippen molar-refractivity contribution in [2.75, 3.05) is 26.2 Å². The second-order valence-corrected chi connectivity index (χ2v) is 11.2. The number of piperidine rings is 1. The minimum absolute atomic E-state index is 0.00773. The van der Waals surface area contributed by atoms with Crippen LogP contribution in [0.3, 0.4) is 0 Å². The van der Waals surface area contributed by atoms with Crippen LogP contribution in [-0.4, -0.2) is 42.1 Å². The molecular formula is C35H38N2O4. The van der Waals surface area contributed by atoms with E-state index in [2.05, 4.69) is 29.2 Å². The standard InChI is InChI=1S/C35H38N2O4/c38-34(14-9-21-37-19-7-2-8-20-37)41-35-28(22-26-10-3-1-4-11-26)24-40-33-18-17-30(23-31(33)35)39-25-29-16-15-27-12-5-6-13-32(27)36-29/h1,3-6,10-13,15-18,23,28,35H,2,7-9,14,19-22,24-25H2/t28-,35+/m1/s1. The lowest BCUT2D eigenvalue weighted by Gasteiger charge is -2.33. The third-order valence-electron chi connectivity index (χ3n) is 8.11. The number of fused-ring (bicyclic) bond motifs is 2. The van der Waals surface area contributed by atoms with Crippen LogP contribution in [0, 0.1) is 5.92 Å². The predicted octanol–water partition coefficient (Wildman–Crippen LogP) is 6.92. The lowest BCUT2D eigenvalue weighted by molar-refractivity contribution is -0.154. The van der Waals surface area contributed by atoms with Gasteiger partial charge < -0.3 is 19.1 Å². The van der Waals surface area contributed by atoms with Crippen molar-refractivity contribution in [1.82, 2.24) is 9.88 Å². The highest BCUT2D eigenvalue weighted by molar-refractivity contribution is 5.78. The van der Waals surface area contributed by atoms with Gasteiger partial charge in [-0.3, -0.25) is 4.79 Å². The summed E-state index contributed by atoms with van der Waals surface area (Å²) in [5.74, 6) is 1.31. The molecule has 212 valence electrons. The first kappa shape index (κ1) is 27.3. The molecule has 0 amide bonds. The van der Waals surface area contributed by atoms with Crippen molar-refractivity contribution in [3.8, 4) is 11.5 Å². The molecule has 4 aromatic rings. The number of rotatable bonds is 10. The average Bonchev–Trinajstić information content (AvgIpc) is 3.02. The van der Waals surface area contributed by atoms with E-state index < -0.39 is 6.10 Å². The van der Waals surface area contributed by atoms with Crippen LogP contribution in [-0.2, 0) is 22.6 Å². The Morgan fingerprint density at radius 2 is 1.76 bits per heavy atom. The molecule has 0 saturated carbocycles. The normalized spacial score (nSPS) is 18.8. The molecule has 6 nitrogen and oxygen atoms in total. The highest BCUT2D eigenvalue weighted by Gasteiger charge is 2.34. The number of benzene rings is 3. The van der Waals surface area contributed by atoms with Crippen molar-refractivity contribution in [2.45, 2.75) is 51.2 Å². The Hall–Kier alpha value is -3.90. The van der Waals surface area contributed by atoms with E-state index in [4.69, 9.17) is 19.2 Å². The molecule has 1 saturated heterocycles. The summed E-state index contributed by atoms with van der Waals surface area (Å²) in [5.41, 5.74) is 3.87. The highest BCUT2D eigenvalue weighted by Crippen LogP contribution is 2.41. The van der Waals surface area contributed by atoms with Crippen molar-refractivity contribution >= 4 is 16.9 Å². The van der Waals surface area contributed by atoms with Crippen molar-refractivity contribution in [2.24, 2.45) is 5.92 Å². The first-order chi connectivity index (χ1) is 20.2. The minimum Gasteiger partial charge on any atom is -0.493 e. The van der Waals surface area contributed by atoms with Gasteiger partial charge in [0.2, 0.25) is 0 Å². The molecule has 6 heteroatoms. The summed E-state index contributed by atoms with van der Waals surface area (Å²) < 4.78 is 18.6. The molecule has 1 aromatic heterocycles. The summed E-state index contributed by atoms with van der Waals surface area (Å²) in [6.07, 6.45) is 5.43. The molecule has 6 rings (SSSR count). The number of ether oxygens (including phenoxy) is 3. The van der Waals surface area contributed by atoms with Gasteiger partial charge in [0.1, 0.15) is 24.2 Å². The number of hydrogen-bond donors (Lipinski definition) is 0. The molecule has 0 unspecified atom stereocenters. The molecule has 41 heavy (non-hydrogen) atoms. The van der Waals surface area contributed by atoms with Gasteiger partial charge in [0.25, 0.3) is 0 Å². The van der Waals surface area contributed by atoms with E-state index in [0.717, 1.165) is 60.4 Å². The number of carbonyl (C=O) groups is 1. The Bertz CT molecular complexity index is 1450.